The molecular weight excluding hydrogens is 492 g/mol. The number of aromatic nitrogens is 2. The minimum Gasteiger partial charge on any atom is -0.481 e. The molecule has 0 saturated carbocycles. The van der Waals surface area contributed by atoms with E-state index in [1.165, 1.54) is 33.4 Å². The van der Waals surface area contributed by atoms with Crippen molar-refractivity contribution in [2.75, 3.05) is 14.2 Å². The number of nitrogens with zero attached hydrogens (tertiary/aromatic N) is 2. The zero-order valence-electron chi connectivity index (χ0n) is 22.1. The summed E-state index contributed by atoms with van der Waals surface area (Å²) < 4.78 is 10.4. The molecule has 8 rings (SSSR count). The number of hydrogen-bond acceptors (Lipinski definition) is 4. The topological polar surface area (TPSA) is 44.2 Å². The van der Waals surface area contributed by atoms with Gasteiger partial charge in [-0.15, -0.1) is 0 Å². The van der Waals surface area contributed by atoms with Crippen molar-refractivity contribution in [2.24, 2.45) is 0 Å². The van der Waals surface area contributed by atoms with E-state index in [0.717, 1.165) is 22.3 Å². The average Bonchev–Trinajstić information content (AvgIpc) is 3.02. The van der Waals surface area contributed by atoms with Gasteiger partial charge in [0.25, 0.3) is 0 Å². The molecular formula is C36H24N2O2. The Morgan fingerprint density at radius 3 is 1.23 bits per heavy atom. The van der Waals surface area contributed by atoms with Crippen molar-refractivity contribution in [3.05, 3.63) is 153 Å². The Hall–Kier alpha value is -5.32. The lowest BCUT2D eigenvalue weighted by Crippen LogP contribution is -2.27. The lowest BCUT2D eigenvalue weighted by Gasteiger charge is -2.42. The van der Waals surface area contributed by atoms with Gasteiger partial charge in [0.05, 0.1) is 14.2 Å². The molecule has 3 aliphatic rings. The first kappa shape index (κ1) is 23.8. The van der Waals surface area contributed by atoms with Gasteiger partial charge >= 0.3 is 0 Å². The van der Waals surface area contributed by atoms with Crippen LogP contribution in [-0.2, 0) is 0 Å². The molecule has 0 unspecified atom stereocenters. The fraction of sp³-hybridized carbons (Fsp3) is 0.111. The van der Waals surface area contributed by atoms with Gasteiger partial charge in [-0.2, -0.15) is 0 Å². The van der Waals surface area contributed by atoms with E-state index >= 15 is 0 Å². The quantitative estimate of drug-likeness (QED) is 0.254. The molecule has 0 aliphatic heterocycles. The van der Waals surface area contributed by atoms with E-state index in [9.17, 15) is 0 Å². The lowest BCUT2D eigenvalue weighted by atomic mass is 9.60. The predicted octanol–water partition coefficient (Wildman–Crippen LogP) is 6.28. The Morgan fingerprint density at radius 1 is 0.500 bits per heavy atom. The molecule has 0 atom stereocenters. The fourth-order valence-electron chi connectivity index (χ4n) is 5.85. The number of ether oxygens (including phenoxy) is 2. The van der Waals surface area contributed by atoms with E-state index < -0.39 is 0 Å². The molecule has 0 N–H and O–H groups in total. The molecule has 0 spiro atoms. The monoisotopic (exact) mass is 516 g/mol. The van der Waals surface area contributed by atoms with Crippen LogP contribution in [0.3, 0.4) is 0 Å². The molecule has 3 aliphatic carbocycles. The van der Waals surface area contributed by atoms with Gasteiger partial charge in [0.1, 0.15) is 0 Å². The van der Waals surface area contributed by atoms with Gasteiger partial charge in [0, 0.05) is 58.6 Å². The van der Waals surface area contributed by atoms with Gasteiger partial charge in [-0.25, -0.2) is 9.97 Å². The molecule has 190 valence electrons. The van der Waals surface area contributed by atoms with Crippen molar-refractivity contribution in [2.45, 2.75) is 11.8 Å². The highest BCUT2D eigenvalue weighted by Gasteiger charge is 2.41. The van der Waals surface area contributed by atoms with E-state index in [-0.39, 0.29) is 11.8 Å². The normalized spacial score (nSPS) is 15.3. The summed E-state index contributed by atoms with van der Waals surface area (Å²) in [6.07, 6.45) is 3.46. The van der Waals surface area contributed by atoms with Gasteiger partial charge in [-0.05, 0) is 57.6 Å². The summed E-state index contributed by atoms with van der Waals surface area (Å²) in [5, 5.41) is 0. The molecule has 40 heavy (non-hydrogen) atoms. The van der Waals surface area contributed by atoms with Crippen molar-refractivity contribution in [1.82, 2.24) is 9.97 Å². The molecule has 4 heteroatoms. The Kier molecular flexibility index (Phi) is 5.81. The molecule has 4 nitrogen and oxygen atoms in total. The van der Waals surface area contributed by atoms with Crippen LogP contribution >= 0.6 is 0 Å². The van der Waals surface area contributed by atoms with Crippen LogP contribution in [-0.4, -0.2) is 24.2 Å². The largest absolute Gasteiger partial charge is 0.481 e. The van der Waals surface area contributed by atoms with Crippen LogP contribution in [0, 0.1) is 23.7 Å². The highest BCUT2D eigenvalue weighted by molar-refractivity contribution is 5.71. The molecule has 2 bridgehead atoms. The Balaban J connectivity index is 1.40. The maximum absolute atomic E-state index is 5.20. The van der Waals surface area contributed by atoms with Crippen LogP contribution in [0.5, 0.6) is 11.8 Å². The standard InChI is InChI=1S/C36H24N2O2/c1-39-33-17-13-23(21-37-33)11-15-25-19-31-32(20-26(25)16-12-24-14-18-34(40-2)38-22-24)36-29-9-5-3-7-27(29)35(31)28-8-4-6-10-30(28)36/h3-10,13-14,17-22,35-36H,1-2H3. The second kappa shape index (κ2) is 9.77. The number of rotatable bonds is 2. The van der Waals surface area contributed by atoms with Crippen LogP contribution in [0.4, 0.5) is 0 Å². The van der Waals surface area contributed by atoms with Crippen LogP contribution < -0.4 is 9.47 Å². The SMILES string of the molecule is COc1ccc(C#Cc2cc3c(cc2C#Cc2ccc(OC)nc2)C2c4ccccc4C3c3ccccc32)cn1. The van der Waals surface area contributed by atoms with Gasteiger partial charge in [0.2, 0.25) is 11.8 Å². The third kappa shape index (κ3) is 3.99. The van der Waals surface area contributed by atoms with E-state index in [1.54, 1.807) is 26.6 Å². The van der Waals surface area contributed by atoms with Crippen LogP contribution in [0.2, 0.25) is 0 Å². The van der Waals surface area contributed by atoms with Crippen LogP contribution in [0.15, 0.2) is 97.3 Å². The number of hydrogen-bond donors (Lipinski definition) is 0. The first-order valence-corrected chi connectivity index (χ1v) is 13.1. The molecule has 0 fully saturated rings. The molecule has 3 aromatic carbocycles. The molecule has 5 aromatic rings. The van der Waals surface area contributed by atoms with Gasteiger partial charge in [-0.1, -0.05) is 72.2 Å². The first-order chi connectivity index (χ1) is 19.7. The zero-order valence-corrected chi connectivity index (χ0v) is 22.1. The van der Waals surface area contributed by atoms with E-state index in [2.05, 4.69) is 94.3 Å². The minimum atomic E-state index is 0.170. The minimum absolute atomic E-state index is 0.170. The summed E-state index contributed by atoms with van der Waals surface area (Å²) >= 11 is 0. The van der Waals surface area contributed by atoms with Crippen molar-refractivity contribution in [3.8, 4) is 35.4 Å². The Labute approximate surface area is 233 Å². The van der Waals surface area contributed by atoms with Gasteiger partial charge in [-0.3, -0.25) is 0 Å². The van der Waals surface area contributed by atoms with E-state index in [0.29, 0.717) is 11.8 Å². The second-order valence-electron chi connectivity index (χ2n) is 9.83. The van der Waals surface area contributed by atoms with E-state index in [4.69, 9.17) is 9.47 Å². The highest BCUT2D eigenvalue weighted by atomic mass is 16.5. The van der Waals surface area contributed by atoms with Gasteiger partial charge < -0.3 is 9.47 Å². The summed E-state index contributed by atoms with van der Waals surface area (Å²) in [6.45, 7) is 0. The third-order valence-corrected chi connectivity index (χ3v) is 7.66. The van der Waals surface area contributed by atoms with Crippen molar-refractivity contribution >= 4 is 0 Å². The van der Waals surface area contributed by atoms with Crippen LogP contribution in [0.1, 0.15) is 67.5 Å². The summed E-state index contributed by atoms with van der Waals surface area (Å²) in [6, 6.07) is 29.6. The van der Waals surface area contributed by atoms with Crippen molar-refractivity contribution < 1.29 is 9.47 Å². The van der Waals surface area contributed by atoms with E-state index in [1.807, 2.05) is 24.3 Å². The highest BCUT2D eigenvalue weighted by Crippen LogP contribution is 2.55. The second-order valence-corrected chi connectivity index (χ2v) is 9.83. The Morgan fingerprint density at radius 2 is 0.900 bits per heavy atom. The number of benzene rings is 3. The third-order valence-electron chi connectivity index (χ3n) is 7.66. The summed E-state index contributed by atoms with van der Waals surface area (Å²) in [5.41, 5.74) is 11.5. The van der Waals surface area contributed by atoms with Crippen molar-refractivity contribution in [1.29, 1.82) is 0 Å². The molecule has 2 aromatic heterocycles. The van der Waals surface area contributed by atoms with Crippen LogP contribution in [0.25, 0.3) is 0 Å². The molecule has 0 radical (unpaired) electrons. The maximum atomic E-state index is 5.20. The fourth-order valence-corrected chi connectivity index (χ4v) is 5.85. The molecule has 2 heterocycles. The number of methoxy groups -OCH3 is 2. The summed E-state index contributed by atoms with van der Waals surface area (Å²) in [4.78, 5) is 8.61. The lowest BCUT2D eigenvalue weighted by molar-refractivity contribution is 0.397. The summed E-state index contributed by atoms with van der Waals surface area (Å²) in [7, 11) is 3.21. The first-order valence-electron chi connectivity index (χ1n) is 13.1. The molecule has 0 amide bonds. The maximum Gasteiger partial charge on any atom is 0.212 e. The van der Waals surface area contributed by atoms with Crippen molar-refractivity contribution in [3.63, 3.8) is 0 Å². The van der Waals surface area contributed by atoms with Gasteiger partial charge in [0.15, 0.2) is 0 Å². The predicted molar refractivity (Wildman–Crippen MR) is 155 cm³/mol. The smallest absolute Gasteiger partial charge is 0.212 e. The zero-order chi connectivity index (χ0) is 27.1. The Bertz CT molecular complexity index is 1700. The number of pyridine rings is 2. The summed E-state index contributed by atoms with van der Waals surface area (Å²) in [5.74, 6) is 14.9. The molecule has 0 saturated heterocycles. The average molecular weight is 517 g/mol.